The molecule has 2 rings (SSSR count). The molecule has 0 saturated carbocycles. The summed E-state index contributed by atoms with van der Waals surface area (Å²) in [5.41, 5.74) is 2.29. The van der Waals surface area contributed by atoms with Gasteiger partial charge in [-0.15, -0.1) is 0 Å². The maximum Gasteiger partial charge on any atom is 0.251 e. The summed E-state index contributed by atoms with van der Waals surface area (Å²) in [6, 6.07) is 16.6. The SMILES string of the molecule is CC(C)CC(NC(=O)c1ccc(CS(C)(=O)=O)cc1)c1ccccc1. The Morgan fingerprint density at radius 2 is 1.60 bits per heavy atom. The van der Waals surface area contributed by atoms with Crippen LogP contribution in [0.4, 0.5) is 0 Å². The molecule has 0 saturated heterocycles. The lowest BCUT2D eigenvalue weighted by atomic mass is 9.96. The van der Waals surface area contributed by atoms with Crippen LogP contribution in [0.25, 0.3) is 0 Å². The predicted molar refractivity (Wildman–Crippen MR) is 101 cm³/mol. The van der Waals surface area contributed by atoms with E-state index in [-0.39, 0.29) is 17.7 Å². The van der Waals surface area contributed by atoms with E-state index in [9.17, 15) is 13.2 Å². The van der Waals surface area contributed by atoms with Gasteiger partial charge in [0.15, 0.2) is 9.84 Å². The summed E-state index contributed by atoms with van der Waals surface area (Å²) in [6.07, 6.45) is 2.05. The van der Waals surface area contributed by atoms with Crippen LogP contribution < -0.4 is 5.32 Å². The highest BCUT2D eigenvalue weighted by atomic mass is 32.2. The average Bonchev–Trinajstić information content (AvgIpc) is 2.54. The van der Waals surface area contributed by atoms with E-state index in [1.165, 1.54) is 6.26 Å². The Labute approximate surface area is 150 Å². The third-order valence-corrected chi connectivity index (χ3v) is 4.72. The Morgan fingerprint density at radius 3 is 2.12 bits per heavy atom. The van der Waals surface area contributed by atoms with Gasteiger partial charge in [0.25, 0.3) is 5.91 Å². The molecule has 1 atom stereocenters. The van der Waals surface area contributed by atoms with Crippen LogP contribution >= 0.6 is 0 Å². The standard InChI is InChI=1S/C20H25NO3S/c1-15(2)13-19(17-7-5-4-6-8-17)21-20(22)18-11-9-16(10-12-18)14-25(3,23)24/h4-12,15,19H,13-14H2,1-3H3,(H,21,22). The minimum atomic E-state index is -3.08. The van der Waals surface area contributed by atoms with Crippen molar-refractivity contribution in [2.45, 2.75) is 32.1 Å². The van der Waals surface area contributed by atoms with Gasteiger partial charge in [-0.1, -0.05) is 56.3 Å². The molecule has 0 spiro atoms. The minimum absolute atomic E-state index is 0.0190. The summed E-state index contributed by atoms with van der Waals surface area (Å²) in [4.78, 5) is 12.6. The fourth-order valence-corrected chi connectivity index (χ4v) is 3.53. The molecule has 0 aromatic heterocycles. The van der Waals surface area contributed by atoms with Crippen LogP contribution in [0.2, 0.25) is 0 Å². The molecule has 2 aromatic rings. The highest BCUT2D eigenvalue weighted by Crippen LogP contribution is 2.21. The third-order valence-electron chi connectivity index (χ3n) is 3.86. The van der Waals surface area contributed by atoms with Crippen molar-refractivity contribution < 1.29 is 13.2 Å². The minimum Gasteiger partial charge on any atom is -0.345 e. The molecule has 0 fully saturated rings. The second-order valence-corrected chi connectivity index (χ2v) is 8.97. The maximum atomic E-state index is 12.6. The molecule has 0 aliphatic rings. The van der Waals surface area contributed by atoms with Crippen LogP contribution in [-0.2, 0) is 15.6 Å². The number of nitrogens with one attached hydrogen (secondary N) is 1. The van der Waals surface area contributed by atoms with Crippen molar-refractivity contribution in [1.82, 2.24) is 5.32 Å². The fraction of sp³-hybridized carbons (Fsp3) is 0.350. The molecular weight excluding hydrogens is 334 g/mol. The number of rotatable bonds is 7. The molecule has 0 bridgehead atoms. The molecule has 0 aliphatic heterocycles. The van der Waals surface area contributed by atoms with Gasteiger partial charge in [-0.25, -0.2) is 8.42 Å². The van der Waals surface area contributed by atoms with Crippen molar-refractivity contribution in [3.63, 3.8) is 0 Å². The molecule has 1 N–H and O–H groups in total. The summed E-state index contributed by atoms with van der Waals surface area (Å²) in [5.74, 6) is 0.276. The second kappa shape index (κ2) is 8.30. The lowest BCUT2D eigenvalue weighted by Gasteiger charge is -2.21. The van der Waals surface area contributed by atoms with Crippen LogP contribution in [-0.4, -0.2) is 20.6 Å². The maximum absolute atomic E-state index is 12.6. The normalized spacial score (nSPS) is 12.8. The van der Waals surface area contributed by atoms with Gasteiger partial charge in [0, 0.05) is 11.8 Å². The van der Waals surface area contributed by atoms with Crippen LogP contribution in [0.15, 0.2) is 54.6 Å². The summed E-state index contributed by atoms with van der Waals surface area (Å²) in [7, 11) is -3.08. The highest BCUT2D eigenvalue weighted by molar-refractivity contribution is 7.89. The number of carbonyl (C=O) groups is 1. The summed E-state index contributed by atoms with van der Waals surface area (Å²) < 4.78 is 22.7. The topological polar surface area (TPSA) is 63.2 Å². The van der Waals surface area contributed by atoms with E-state index in [1.54, 1.807) is 24.3 Å². The molecule has 1 unspecified atom stereocenters. The number of amides is 1. The summed E-state index contributed by atoms with van der Waals surface area (Å²) in [5, 5.41) is 3.09. The Morgan fingerprint density at radius 1 is 1.00 bits per heavy atom. The monoisotopic (exact) mass is 359 g/mol. The zero-order valence-electron chi connectivity index (χ0n) is 14.9. The average molecular weight is 359 g/mol. The first-order valence-corrected chi connectivity index (χ1v) is 10.4. The number of carbonyl (C=O) groups excluding carboxylic acids is 1. The Kier molecular flexibility index (Phi) is 6.37. The van der Waals surface area contributed by atoms with E-state index in [0.29, 0.717) is 17.0 Å². The fourth-order valence-electron chi connectivity index (χ4n) is 2.73. The van der Waals surface area contributed by atoms with Gasteiger partial charge in [0.05, 0.1) is 11.8 Å². The van der Waals surface area contributed by atoms with Crippen LogP contribution in [0.5, 0.6) is 0 Å². The van der Waals surface area contributed by atoms with Crippen LogP contribution in [0, 0.1) is 5.92 Å². The number of hydrogen-bond donors (Lipinski definition) is 1. The Balaban J connectivity index is 2.12. The second-order valence-electron chi connectivity index (χ2n) is 6.83. The summed E-state index contributed by atoms with van der Waals surface area (Å²) in [6.45, 7) is 4.25. The van der Waals surface area contributed by atoms with Gasteiger partial charge in [-0.2, -0.15) is 0 Å². The largest absolute Gasteiger partial charge is 0.345 e. The lowest BCUT2D eigenvalue weighted by molar-refractivity contribution is 0.0932. The first-order chi connectivity index (χ1) is 11.7. The van der Waals surface area contributed by atoms with Gasteiger partial charge in [0.1, 0.15) is 0 Å². The highest BCUT2D eigenvalue weighted by Gasteiger charge is 2.17. The Hall–Kier alpha value is -2.14. The van der Waals surface area contributed by atoms with Crippen LogP contribution in [0.1, 0.15) is 47.8 Å². The summed E-state index contributed by atoms with van der Waals surface area (Å²) >= 11 is 0. The quantitative estimate of drug-likeness (QED) is 0.819. The Bertz CT molecular complexity index is 797. The van der Waals surface area contributed by atoms with E-state index >= 15 is 0 Å². The van der Waals surface area contributed by atoms with E-state index in [2.05, 4.69) is 19.2 Å². The smallest absolute Gasteiger partial charge is 0.251 e. The van der Waals surface area contributed by atoms with E-state index in [1.807, 2.05) is 30.3 Å². The van der Waals surface area contributed by atoms with Gasteiger partial charge < -0.3 is 5.32 Å². The first-order valence-electron chi connectivity index (χ1n) is 8.37. The molecule has 4 nitrogen and oxygen atoms in total. The number of hydrogen-bond acceptors (Lipinski definition) is 3. The molecule has 1 amide bonds. The van der Waals surface area contributed by atoms with Gasteiger partial charge in [0.2, 0.25) is 0 Å². The van der Waals surface area contributed by atoms with Gasteiger partial charge in [-0.05, 0) is 35.6 Å². The van der Waals surface area contributed by atoms with Gasteiger partial charge >= 0.3 is 0 Å². The van der Waals surface area contributed by atoms with Crippen molar-refractivity contribution in [1.29, 1.82) is 0 Å². The molecule has 25 heavy (non-hydrogen) atoms. The van der Waals surface area contributed by atoms with E-state index in [0.717, 1.165) is 12.0 Å². The van der Waals surface area contributed by atoms with E-state index in [4.69, 9.17) is 0 Å². The van der Waals surface area contributed by atoms with E-state index < -0.39 is 9.84 Å². The molecular formula is C20H25NO3S. The van der Waals surface area contributed by atoms with Crippen molar-refractivity contribution in [3.05, 3.63) is 71.3 Å². The van der Waals surface area contributed by atoms with Crippen molar-refractivity contribution >= 4 is 15.7 Å². The van der Waals surface area contributed by atoms with Gasteiger partial charge in [-0.3, -0.25) is 4.79 Å². The molecule has 0 radical (unpaired) electrons. The molecule has 5 heteroatoms. The van der Waals surface area contributed by atoms with Crippen molar-refractivity contribution in [3.8, 4) is 0 Å². The van der Waals surface area contributed by atoms with Crippen molar-refractivity contribution in [2.75, 3.05) is 6.26 Å². The number of benzene rings is 2. The van der Waals surface area contributed by atoms with Crippen LogP contribution in [0.3, 0.4) is 0 Å². The first kappa shape index (κ1) is 19.2. The number of sulfone groups is 1. The lowest BCUT2D eigenvalue weighted by Crippen LogP contribution is -2.29. The molecule has 134 valence electrons. The zero-order valence-corrected chi connectivity index (χ0v) is 15.7. The predicted octanol–water partition coefficient (Wildman–Crippen LogP) is 3.75. The third kappa shape index (κ3) is 6.35. The van der Waals surface area contributed by atoms with Crippen molar-refractivity contribution in [2.24, 2.45) is 5.92 Å². The molecule has 0 heterocycles. The zero-order chi connectivity index (χ0) is 18.4. The molecule has 0 aliphatic carbocycles. The molecule has 2 aromatic carbocycles.